The van der Waals surface area contributed by atoms with E-state index < -0.39 is 0 Å². The van der Waals surface area contributed by atoms with Crippen LogP contribution in [0.15, 0.2) is 18.2 Å². The molecular formula is C10H13FOS. The van der Waals surface area contributed by atoms with Crippen LogP contribution in [0.5, 0.6) is 5.75 Å². The van der Waals surface area contributed by atoms with Crippen LogP contribution in [0, 0.1) is 5.82 Å². The fraction of sp³-hybridized carbons (Fsp3) is 0.400. The average Bonchev–Trinajstić information content (AvgIpc) is 2.04. The van der Waals surface area contributed by atoms with E-state index in [1.807, 2.05) is 13.8 Å². The quantitative estimate of drug-likeness (QED) is 0.689. The lowest BCUT2D eigenvalue weighted by Crippen LogP contribution is -1.93. The number of hydrogen-bond acceptors (Lipinski definition) is 2. The van der Waals surface area contributed by atoms with Gasteiger partial charge < -0.3 is 4.18 Å². The Labute approximate surface area is 82.5 Å². The SMILES string of the molecule is CSOc1ccc(C(C)C)c(F)c1. The van der Waals surface area contributed by atoms with Gasteiger partial charge in [0.1, 0.15) is 11.6 Å². The summed E-state index contributed by atoms with van der Waals surface area (Å²) >= 11 is 1.21. The van der Waals surface area contributed by atoms with E-state index in [9.17, 15) is 4.39 Å². The summed E-state index contributed by atoms with van der Waals surface area (Å²) in [6.07, 6.45) is 1.80. The highest BCUT2D eigenvalue weighted by Crippen LogP contribution is 2.24. The normalized spacial score (nSPS) is 10.5. The third-order valence-electron chi connectivity index (χ3n) is 1.77. The fourth-order valence-corrected chi connectivity index (χ4v) is 1.42. The molecule has 0 aliphatic carbocycles. The van der Waals surface area contributed by atoms with Gasteiger partial charge in [0.2, 0.25) is 0 Å². The van der Waals surface area contributed by atoms with Crippen LogP contribution in [0.25, 0.3) is 0 Å². The van der Waals surface area contributed by atoms with Gasteiger partial charge in [-0.25, -0.2) is 4.39 Å². The lowest BCUT2D eigenvalue weighted by atomic mass is 10.0. The van der Waals surface area contributed by atoms with Gasteiger partial charge in [0.05, 0.1) is 12.0 Å². The molecule has 72 valence electrons. The van der Waals surface area contributed by atoms with Crippen molar-refractivity contribution < 1.29 is 8.57 Å². The van der Waals surface area contributed by atoms with Crippen molar-refractivity contribution in [1.29, 1.82) is 0 Å². The van der Waals surface area contributed by atoms with Crippen LogP contribution < -0.4 is 4.18 Å². The number of hydrogen-bond donors (Lipinski definition) is 0. The van der Waals surface area contributed by atoms with Crippen LogP contribution in [0.3, 0.4) is 0 Å². The van der Waals surface area contributed by atoms with Gasteiger partial charge in [-0.05, 0) is 17.5 Å². The molecule has 0 saturated heterocycles. The molecule has 0 N–H and O–H groups in total. The Bertz CT molecular complexity index is 286. The van der Waals surface area contributed by atoms with Gasteiger partial charge in [-0.15, -0.1) is 0 Å². The van der Waals surface area contributed by atoms with E-state index in [0.717, 1.165) is 5.56 Å². The van der Waals surface area contributed by atoms with Crippen molar-refractivity contribution in [3.05, 3.63) is 29.6 Å². The van der Waals surface area contributed by atoms with Crippen molar-refractivity contribution in [2.45, 2.75) is 19.8 Å². The first-order chi connectivity index (χ1) is 6.15. The van der Waals surface area contributed by atoms with Crippen LogP contribution in [0.4, 0.5) is 4.39 Å². The number of halogens is 1. The van der Waals surface area contributed by atoms with Gasteiger partial charge in [-0.2, -0.15) is 0 Å². The molecule has 3 heteroatoms. The Morgan fingerprint density at radius 2 is 2.08 bits per heavy atom. The van der Waals surface area contributed by atoms with Crippen molar-refractivity contribution in [2.75, 3.05) is 6.26 Å². The molecule has 0 saturated carbocycles. The van der Waals surface area contributed by atoms with Crippen LogP contribution in [-0.2, 0) is 0 Å². The van der Waals surface area contributed by atoms with Gasteiger partial charge in [0.25, 0.3) is 0 Å². The Morgan fingerprint density at radius 1 is 1.38 bits per heavy atom. The standard InChI is InChI=1S/C10H13FOS/c1-7(2)9-5-4-8(12-13-3)6-10(9)11/h4-7H,1-3H3. The molecule has 0 aliphatic heterocycles. The predicted octanol–water partition coefficient (Wildman–Crippen LogP) is 3.61. The Morgan fingerprint density at radius 3 is 2.54 bits per heavy atom. The Hall–Kier alpha value is -0.700. The van der Waals surface area contributed by atoms with E-state index >= 15 is 0 Å². The van der Waals surface area contributed by atoms with E-state index in [4.69, 9.17) is 4.18 Å². The third kappa shape index (κ3) is 2.62. The number of benzene rings is 1. The highest BCUT2D eigenvalue weighted by Gasteiger charge is 2.07. The molecule has 0 bridgehead atoms. The first kappa shape index (κ1) is 10.4. The average molecular weight is 200 g/mol. The van der Waals surface area contributed by atoms with Crippen LogP contribution >= 0.6 is 12.0 Å². The van der Waals surface area contributed by atoms with Gasteiger partial charge in [0, 0.05) is 12.3 Å². The van der Waals surface area contributed by atoms with Crippen molar-refractivity contribution >= 4 is 12.0 Å². The maximum Gasteiger partial charge on any atom is 0.140 e. The highest BCUT2D eigenvalue weighted by molar-refractivity contribution is 7.94. The molecule has 0 amide bonds. The van der Waals surface area contributed by atoms with E-state index in [-0.39, 0.29) is 11.7 Å². The van der Waals surface area contributed by atoms with Gasteiger partial charge in [0.15, 0.2) is 0 Å². The van der Waals surface area contributed by atoms with Crippen molar-refractivity contribution in [3.8, 4) is 5.75 Å². The minimum atomic E-state index is -0.193. The molecular weight excluding hydrogens is 187 g/mol. The molecule has 1 aromatic rings. The monoisotopic (exact) mass is 200 g/mol. The molecule has 0 aromatic heterocycles. The molecule has 0 spiro atoms. The van der Waals surface area contributed by atoms with Crippen molar-refractivity contribution in [1.82, 2.24) is 0 Å². The molecule has 0 atom stereocenters. The van der Waals surface area contributed by atoms with Crippen LogP contribution in [0.1, 0.15) is 25.3 Å². The Kier molecular flexibility index (Phi) is 3.60. The fourth-order valence-electron chi connectivity index (χ4n) is 1.12. The second kappa shape index (κ2) is 4.51. The maximum atomic E-state index is 13.3. The largest absolute Gasteiger partial charge is 0.426 e. The summed E-state index contributed by atoms with van der Waals surface area (Å²) in [4.78, 5) is 0. The summed E-state index contributed by atoms with van der Waals surface area (Å²) in [5.74, 6) is 0.583. The summed E-state index contributed by atoms with van der Waals surface area (Å²) in [7, 11) is 0. The zero-order valence-corrected chi connectivity index (χ0v) is 8.82. The molecule has 1 rings (SSSR count). The van der Waals surface area contributed by atoms with Gasteiger partial charge in [-0.3, -0.25) is 0 Å². The lowest BCUT2D eigenvalue weighted by Gasteiger charge is -2.08. The van der Waals surface area contributed by atoms with Crippen molar-refractivity contribution in [2.24, 2.45) is 0 Å². The van der Waals surface area contributed by atoms with E-state index in [1.165, 1.54) is 18.1 Å². The summed E-state index contributed by atoms with van der Waals surface area (Å²) in [5.41, 5.74) is 0.730. The Balaban J connectivity index is 2.92. The smallest absolute Gasteiger partial charge is 0.140 e. The van der Waals surface area contributed by atoms with Gasteiger partial charge in [-0.1, -0.05) is 19.9 Å². The molecule has 1 nitrogen and oxygen atoms in total. The minimum Gasteiger partial charge on any atom is -0.426 e. The predicted molar refractivity (Wildman–Crippen MR) is 54.6 cm³/mol. The van der Waals surface area contributed by atoms with Gasteiger partial charge >= 0.3 is 0 Å². The zero-order valence-electron chi connectivity index (χ0n) is 8.00. The first-order valence-corrected chi connectivity index (χ1v) is 5.30. The molecule has 0 unspecified atom stereocenters. The minimum absolute atomic E-state index is 0.193. The second-order valence-electron chi connectivity index (χ2n) is 3.09. The second-order valence-corrected chi connectivity index (χ2v) is 3.59. The molecule has 0 aliphatic rings. The van der Waals surface area contributed by atoms with E-state index in [1.54, 1.807) is 18.4 Å². The lowest BCUT2D eigenvalue weighted by molar-refractivity contribution is 0.579. The topological polar surface area (TPSA) is 9.23 Å². The van der Waals surface area contributed by atoms with Crippen molar-refractivity contribution in [3.63, 3.8) is 0 Å². The molecule has 13 heavy (non-hydrogen) atoms. The van der Waals surface area contributed by atoms with Crippen LogP contribution in [-0.4, -0.2) is 6.26 Å². The summed E-state index contributed by atoms with van der Waals surface area (Å²) < 4.78 is 18.4. The van der Waals surface area contributed by atoms with E-state index in [0.29, 0.717) is 5.75 Å². The molecule has 1 aromatic carbocycles. The highest BCUT2D eigenvalue weighted by atomic mass is 32.2. The zero-order chi connectivity index (χ0) is 9.84. The maximum absolute atomic E-state index is 13.3. The number of rotatable bonds is 3. The van der Waals surface area contributed by atoms with Crippen LogP contribution in [0.2, 0.25) is 0 Å². The first-order valence-electron chi connectivity index (χ1n) is 4.15. The summed E-state index contributed by atoms with van der Waals surface area (Å²) in [6.45, 7) is 3.93. The summed E-state index contributed by atoms with van der Waals surface area (Å²) in [5, 5.41) is 0. The van der Waals surface area contributed by atoms with E-state index in [2.05, 4.69) is 0 Å². The molecule has 0 radical (unpaired) electrons. The third-order valence-corrected chi connectivity index (χ3v) is 2.13. The summed E-state index contributed by atoms with van der Waals surface area (Å²) in [6, 6.07) is 4.98. The molecule has 0 heterocycles. The molecule has 0 fully saturated rings.